The highest BCUT2D eigenvalue weighted by atomic mass is 16.6. The van der Waals surface area contributed by atoms with E-state index in [1.807, 2.05) is 6.92 Å². The zero-order valence-corrected chi connectivity index (χ0v) is 28.8. The molecule has 0 aliphatic carbocycles. The maximum absolute atomic E-state index is 12.0. The molecule has 3 heteroatoms. The first kappa shape index (κ1) is 40.9. The second-order valence-corrected chi connectivity index (χ2v) is 12.6. The normalized spacial score (nSPS) is 12.5. The Balaban J connectivity index is 3.34. The third-order valence-corrected chi connectivity index (χ3v) is 8.18. The summed E-state index contributed by atoms with van der Waals surface area (Å²) in [6, 6.07) is 0. The van der Waals surface area contributed by atoms with Gasteiger partial charge in [0, 0.05) is 13.0 Å². The lowest BCUT2D eigenvalue weighted by molar-refractivity contribution is -0.147. The average Bonchev–Trinajstić information content (AvgIpc) is 2.99. The monoisotopic (exact) mass is 591 g/mol. The fourth-order valence-corrected chi connectivity index (χ4v) is 5.30. The zero-order valence-electron chi connectivity index (χ0n) is 28.8. The summed E-state index contributed by atoms with van der Waals surface area (Å²) in [4.78, 5) is 12.0. The van der Waals surface area contributed by atoms with E-state index in [1.165, 1.54) is 154 Å². The van der Waals surface area contributed by atoms with Crippen molar-refractivity contribution in [1.82, 2.24) is 0 Å². The van der Waals surface area contributed by atoms with Crippen molar-refractivity contribution in [2.75, 3.05) is 13.2 Å². The highest BCUT2D eigenvalue weighted by Gasteiger charge is 2.07. The molecule has 0 heterocycles. The summed E-state index contributed by atoms with van der Waals surface area (Å²) >= 11 is 0. The van der Waals surface area contributed by atoms with Crippen molar-refractivity contribution in [3.63, 3.8) is 0 Å². The van der Waals surface area contributed by atoms with Crippen molar-refractivity contribution in [1.29, 1.82) is 0 Å². The highest BCUT2D eigenvalue weighted by molar-refractivity contribution is 5.69. The van der Waals surface area contributed by atoms with Crippen molar-refractivity contribution in [3.05, 3.63) is 24.3 Å². The maximum atomic E-state index is 12.0. The van der Waals surface area contributed by atoms with Gasteiger partial charge < -0.3 is 9.47 Å². The Bertz CT molecular complexity index is 582. The van der Waals surface area contributed by atoms with Gasteiger partial charge in [-0.25, -0.2) is 0 Å². The summed E-state index contributed by atoms with van der Waals surface area (Å²) in [7, 11) is 0. The fraction of sp³-hybridized carbons (Fsp3) is 0.872. The number of carbonyl (C=O) groups is 1. The molecule has 1 atom stereocenters. The minimum Gasteiger partial charge on any atom is -0.463 e. The van der Waals surface area contributed by atoms with Gasteiger partial charge in [0.25, 0.3) is 0 Å². The minimum atomic E-state index is -0.0691. The van der Waals surface area contributed by atoms with Crippen LogP contribution in [0.3, 0.4) is 0 Å². The Hall–Kier alpha value is -1.09. The molecule has 248 valence electrons. The molecule has 0 aromatic carbocycles. The summed E-state index contributed by atoms with van der Waals surface area (Å²) in [6.07, 6.45) is 45.0. The Morgan fingerprint density at radius 3 is 1.29 bits per heavy atom. The standard InChI is InChI=1S/C39H74O3/c1-4-6-8-10-12-14-16-18-20-22-24-26-28-30-32-34-36-41-38(3)37-42-39(40)35-33-31-29-27-25-23-21-19-17-15-13-11-9-7-5-2/h18-21,38H,4-17,22-37H2,1-3H3/b20-18-,21-19-. The third-order valence-electron chi connectivity index (χ3n) is 8.18. The molecule has 0 rings (SSSR count). The van der Waals surface area contributed by atoms with Crippen molar-refractivity contribution in [3.8, 4) is 0 Å². The highest BCUT2D eigenvalue weighted by Crippen LogP contribution is 2.12. The smallest absolute Gasteiger partial charge is 0.305 e. The molecule has 0 saturated heterocycles. The number of hydrogen-bond donors (Lipinski definition) is 0. The Kier molecular flexibility index (Phi) is 35.2. The van der Waals surface area contributed by atoms with Crippen LogP contribution in [-0.2, 0) is 14.3 Å². The van der Waals surface area contributed by atoms with Crippen LogP contribution < -0.4 is 0 Å². The molecule has 0 aromatic rings. The summed E-state index contributed by atoms with van der Waals surface area (Å²) < 4.78 is 11.3. The Morgan fingerprint density at radius 2 is 0.857 bits per heavy atom. The number of rotatable bonds is 34. The first-order valence-electron chi connectivity index (χ1n) is 18.8. The molecule has 3 nitrogen and oxygen atoms in total. The maximum Gasteiger partial charge on any atom is 0.305 e. The molecule has 0 radical (unpaired) electrons. The first-order valence-corrected chi connectivity index (χ1v) is 18.8. The van der Waals surface area contributed by atoms with Gasteiger partial charge in [-0.05, 0) is 71.1 Å². The van der Waals surface area contributed by atoms with E-state index in [4.69, 9.17) is 9.47 Å². The number of carbonyl (C=O) groups excluding carboxylic acids is 1. The number of ether oxygens (including phenoxy) is 2. The van der Waals surface area contributed by atoms with Crippen LogP contribution in [0.5, 0.6) is 0 Å². The van der Waals surface area contributed by atoms with Crippen LogP contribution in [0.25, 0.3) is 0 Å². The van der Waals surface area contributed by atoms with E-state index >= 15 is 0 Å². The summed E-state index contributed by atoms with van der Waals surface area (Å²) in [5.41, 5.74) is 0. The number of allylic oxidation sites excluding steroid dienone is 4. The van der Waals surface area contributed by atoms with E-state index in [1.54, 1.807) is 0 Å². The zero-order chi connectivity index (χ0) is 30.6. The molecule has 0 bridgehead atoms. The molecule has 0 amide bonds. The van der Waals surface area contributed by atoms with E-state index in [-0.39, 0.29) is 12.1 Å². The molecule has 42 heavy (non-hydrogen) atoms. The Labute approximate surface area is 264 Å². The molecule has 0 aliphatic rings. The van der Waals surface area contributed by atoms with Gasteiger partial charge in [-0.15, -0.1) is 0 Å². The molecule has 0 saturated carbocycles. The second-order valence-electron chi connectivity index (χ2n) is 12.6. The van der Waals surface area contributed by atoms with Crippen LogP contribution >= 0.6 is 0 Å². The van der Waals surface area contributed by atoms with Crippen molar-refractivity contribution in [2.45, 2.75) is 207 Å². The molecule has 0 aromatic heterocycles. The van der Waals surface area contributed by atoms with Crippen molar-refractivity contribution < 1.29 is 14.3 Å². The van der Waals surface area contributed by atoms with Gasteiger partial charge in [-0.3, -0.25) is 4.79 Å². The lowest BCUT2D eigenvalue weighted by atomic mass is 10.1. The van der Waals surface area contributed by atoms with E-state index < -0.39 is 0 Å². The van der Waals surface area contributed by atoms with Crippen LogP contribution in [0, 0.1) is 0 Å². The van der Waals surface area contributed by atoms with Crippen molar-refractivity contribution in [2.24, 2.45) is 0 Å². The predicted octanol–water partition coefficient (Wildman–Crippen LogP) is 13.0. The van der Waals surface area contributed by atoms with E-state index in [9.17, 15) is 4.79 Å². The van der Waals surface area contributed by atoms with Gasteiger partial charge in [0.2, 0.25) is 0 Å². The lowest BCUT2D eigenvalue weighted by Crippen LogP contribution is -2.19. The molecule has 0 fully saturated rings. The van der Waals surface area contributed by atoms with Crippen LogP contribution in [0.15, 0.2) is 24.3 Å². The van der Waals surface area contributed by atoms with Gasteiger partial charge in [-0.1, -0.05) is 147 Å². The minimum absolute atomic E-state index is 0.00816. The number of unbranched alkanes of at least 4 members (excludes halogenated alkanes) is 23. The average molecular weight is 591 g/mol. The first-order chi connectivity index (χ1) is 20.7. The van der Waals surface area contributed by atoms with Crippen LogP contribution in [0.2, 0.25) is 0 Å². The number of esters is 1. The molecule has 0 aliphatic heterocycles. The summed E-state index contributed by atoms with van der Waals surface area (Å²) in [5.74, 6) is -0.0691. The molecule has 1 unspecified atom stereocenters. The molecule has 0 N–H and O–H groups in total. The van der Waals surface area contributed by atoms with Gasteiger partial charge >= 0.3 is 5.97 Å². The largest absolute Gasteiger partial charge is 0.463 e. The van der Waals surface area contributed by atoms with E-state index in [2.05, 4.69) is 38.2 Å². The van der Waals surface area contributed by atoms with Gasteiger partial charge in [0.15, 0.2) is 0 Å². The van der Waals surface area contributed by atoms with Crippen molar-refractivity contribution >= 4 is 5.97 Å². The predicted molar refractivity (Wildman–Crippen MR) is 185 cm³/mol. The van der Waals surface area contributed by atoms with Gasteiger partial charge in [-0.2, -0.15) is 0 Å². The fourth-order valence-electron chi connectivity index (χ4n) is 5.30. The van der Waals surface area contributed by atoms with E-state index in [0.29, 0.717) is 13.0 Å². The van der Waals surface area contributed by atoms with Gasteiger partial charge in [0.05, 0.1) is 6.10 Å². The van der Waals surface area contributed by atoms with Crippen LogP contribution in [-0.4, -0.2) is 25.3 Å². The quantitative estimate of drug-likeness (QED) is 0.0425. The van der Waals surface area contributed by atoms with Gasteiger partial charge in [0.1, 0.15) is 6.61 Å². The second kappa shape index (κ2) is 36.1. The van der Waals surface area contributed by atoms with E-state index in [0.717, 1.165) is 25.9 Å². The lowest BCUT2D eigenvalue weighted by Gasteiger charge is -2.13. The van der Waals surface area contributed by atoms with Crippen LogP contribution in [0.1, 0.15) is 201 Å². The summed E-state index contributed by atoms with van der Waals surface area (Å²) in [6.45, 7) is 7.72. The molecule has 0 spiro atoms. The summed E-state index contributed by atoms with van der Waals surface area (Å²) in [5, 5.41) is 0. The molecular weight excluding hydrogens is 516 g/mol. The van der Waals surface area contributed by atoms with Crippen LogP contribution in [0.4, 0.5) is 0 Å². The SMILES string of the molecule is CCCCCCCC/C=C\CCCCCCCCOC(C)COC(=O)CCCCCCC/C=C\CCCCCCCC. The molecular formula is C39H74O3. The number of hydrogen-bond acceptors (Lipinski definition) is 3. The topological polar surface area (TPSA) is 35.5 Å². The third kappa shape index (κ3) is 35.1. The Morgan fingerprint density at radius 1 is 0.500 bits per heavy atom.